The van der Waals surface area contributed by atoms with Crippen LogP contribution in [0.4, 0.5) is 5.69 Å². The Bertz CT molecular complexity index is 1260. The molecule has 0 radical (unpaired) electrons. The van der Waals surface area contributed by atoms with E-state index in [1.165, 1.54) is 10.6 Å². The Labute approximate surface area is 161 Å². The third-order valence-electron chi connectivity index (χ3n) is 4.29. The van der Waals surface area contributed by atoms with E-state index in [-0.39, 0.29) is 0 Å². The second-order valence-corrected chi connectivity index (χ2v) is 8.15. The zero-order valence-electron chi connectivity index (χ0n) is 15.6. The van der Waals surface area contributed by atoms with Gasteiger partial charge in [-0.25, -0.2) is 17.9 Å². The standard InChI is InChI=1S/C18H18N6O3S/c1-4-23(28(3,25)26)14-7-5-6-13(10-14)16-8-9-19-18-15(11-20-24(16)18)17-21-12(2)27-22-17/h5-11H,4H2,1-3H3. The smallest absolute Gasteiger partial charge is 0.232 e. The molecule has 0 saturated carbocycles. The topological polar surface area (TPSA) is 106 Å². The lowest BCUT2D eigenvalue weighted by Crippen LogP contribution is -2.29. The van der Waals surface area contributed by atoms with Crippen molar-refractivity contribution in [1.29, 1.82) is 0 Å². The van der Waals surface area contributed by atoms with Gasteiger partial charge in [-0.3, -0.25) is 4.31 Å². The van der Waals surface area contributed by atoms with Crippen LogP contribution in [0.3, 0.4) is 0 Å². The zero-order valence-corrected chi connectivity index (χ0v) is 16.4. The predicted octanol–water partition coefficient (Wildman–Crippen LogP) is 2.54. The number of aromatic nitrogens is 5. The van der Waals surface area contributed by atoms with Crippen molar-refractivity contribution in [3.8, 4) is 22.6 Å². The molecule has 0 aliphatic heterocycles. The van der Waals surface area contributed by atoms with E-state index in [4.69, 9.17) is 4.52 Å². The summed E-state index contributed by atoms with van der Waals surface area (Å²) in [6, 6.07) is 9.12. The second kappa shape index (κ2) is 6.71. The summed E-state index contributed by atoms with van der Waals surface area (Å²) in [5.74, 6) is 0.874. The molecule has 0 fully saturated rings. The normalized spacial score (nSPS) is 11.8. The van der Waals surface area contributed by atoms with Crippen molar-refractivity contribution in [3.05, 3.63) is 48.6 Å². The number of sulfonamides is 1. The minimum atomic E-state index is -3.37. The maximum absolute atomic E-state index is 12.1. The monoisotopic (exact) mass is 398 g/mol. The number of hydrogen-bond donors (Lipinski definition) is 0. The van der Waals surface area contributed by atoms with Crippen LogP contribution in [-0.4, -0.2) is 46.0 Å². The Balaban J connectivity index is 1.85. The molecule has 4 rings (SSSR count). The first-order valence-electron chi connectivity index (χ1n) is 8.60. The van der Waals surface area contributed by atoms with E-state index in [2.05, 4.69) is 20.2 Å². The molecule has 0 atom stereocenters. The fourth-order valence-corrected chi connectivity index (χ4v) is 4.07. The van der Waals surface area contributed by atoms with Gasteiger partial charge in [0, 0.05) is 25.2 Å². The van der Waals surface area contributed by atoms with Gasteiger partial charge < -0.3 is 4.52 Å². The molecule has 1 aromatic carbocycles. The summed E-state index contributed by atoms with van der Waals surface area (Å²) in [4.78, 5) is 8.64. The third-order valence-corrected chi connectivity index (χ3v) is 5.56. The van der Waals surface area contributed by atoms with Crippen molar-refractivity contribution < 1.29 is 12.9 Å². The van der Waals surface area contributed by atoms with Gasteiger partial charge in [-0.1, -0.05) is 17.3 Å². The van der Waals surface area contributed by atoms with Crippen molar-refractivity contribution in [1.82, 2.24) is 24.7 Å². The lowest BCUT2D eigenvalue weighted by Gasteiger charge is -2.21. The number of aryl methyl sites for hydroxylation is 1. The van der Waals surface area contributed by atoms with Gasteiger partial charge in [0.1, 0.15) is 0 Å². The van der Waals surface area contributed by atoms with Crippen LogP contribution < -0.4 is 4.31 Å². The lowest BCUT2D eigenvalue weighted by molar-refractivity contribution is 0.394. The number of hydrogen-bond acceptors (Lipinski definition) is 7. The number of fused-ring (bicyclic) bond motifs is 1. The quantitative estimate of drug-likeness (QED) is 0.508. The maximum Gasteiger partial charge on any atom is 0.232 e. The van der Waals surface area contributed by atoms with Crippen molar-refractivity contribution >= 4 is 21.4 Å². The summed E-state index contributed by atoms with van der Waals surface area (Å²) >= 11 is 0. The number of benzene rings is 1. The molecule has 10 heteroatoms. The van der Waals surface area contributed by atoms with Crippen molar-refractivity contribution in [3.63, 3.8) is 0 Å². The number of rotatable bonds is 5. The molecule has 9 nitrogen and oxygen atoms in total. The van der Waals surface area contributed by atoms with Gasteiger partial charge in [0.25, 0.3) is 0 Å². The average Bonchev–Trinajstić information content (AvgIpc) is 3.27. The fourth-order valence-electron chi connectivity index (χ4n) is 3.11. The van der Waals surface area contributed by atoms with Gasteiger partial charge in [-0.05, 0) is 25.1 Å². The Kier molecular flexibility index (Phi) is 4.34. The first-order valence-corrected chi connectivity index (χ1v) is 10.4. The molecular weight excluding hydrogens is 380 g/mol. The molecule has 0 bridgehead atoms. The van der Waals surface area contributed by atoms with E-state index in [0.717, 1.165) is 11.3 Å². The van der Waals surface area contributed by atoms with Crippen molar-refractivity contribution in [2.45, 2.75) is 13.8 Å². The van der Waals surface area contributed by atoms with Crippen molar-refractivity contribution in [2.75, 3.05) is 17.1 Å². The predicted molar refractivity (Wildman–Crippen MR) is 104 cm³/mol. The molecule has 144 valence electrons. The Morgan fingerprint density at radius 3 is 2.75 bits per heavy atom. The minimum Gasteiger partial charge on any atom is -0.339 e. The van der Waals surface area contributed by atoms with Crippen LogP contribution in [0.5, 0.6) is 0 Å². The molecule has 0 aliphatic carbocycles. The maximum atomic E-state index is 12.1. The Morgan fingerprint density at radius 1 is 1.25 bits per heavy atom. The molecule has 4 aromatic rings. The van der Waals surface area contributed by atoms with Gasteiger partial charge in [-0.2, -0.15) is 10.1 Å². The SMILES string of the molecule is CCN(c1cccc(-c2ccnc3c(-c4noc(C)n4)cnn23)c1)S(C)(=O)=O. The molecule has 3 heterocycles. The first-order chi connectivity index (χ1) is 13.4. The van der Waals surface area contributed by atoms with E-state index in [1.807, 2.05) is 24.3 Å². The lowest BCUT2D eigenvalue weighted by atomic mass is 10.1. The summed E-state index contributed by atoms with van der Waals surface area (Å²) in [6.45, 7) is 3.86. The van der Waals surface area contributed by atoms with Crippen LogP contribution >= 0.6 is 0 Å². The third kappa shape index (κ3) is 3.11. The molecule has 0 amide bonds. The summed E-state index contributed by atoms with van der Waals surface area (Å²) in [7, 11) is -3.37. The number of nitrogens with zero attached hydrogens (tertiary/aromatic N) is 6. The molecule has 0 saturated heterocycles. The largest absolute Gasteiger partial charge is 0.339 e. The second-order valence-electron chi connectivity index (χ2n) is 6.24. The van der Waals surface area contributed by atoms with Crippen LogP contribution in [0.1, 0.15) is 12.8 Å². The van der Waals surface area contributed by atoms with Gasteiger partial charge >= 0.3 is 0 Å². The molecule has 0 spiro atoms. The molecule has 3 aromatic heterocycles. The van der Waals surface area contributed by atoms with Crippen LogP contribution in [0.25, 0.3) is 28.3 Å². The van der Waals surface area contributed by atoms with Crippen LogP contribution in [-0.2, 0) is 10.0 Å². The van der Waals surface area contributed by atoms with Crippen molar-refractivity contribution in [2.24, 2.45) is 0 Å². The number of anilines is 1. The van der Waals surface area contributed by atoms with E-state index in [1.54, 1.807) is 36.8 Å². The first kappa shape index (κ1) is 18.1. The van der Waals surface area contributed by atoms with Crippen LogP contribution in [0.2, 0.25) is 0 Å². The zero-order chi connectivity index (χ0) is 19.9. The van der Waals surface area contributed by atoms with Gasteiger partial charge in [0.05, 0.1) is 29.4 Å². The molecule has 0 unspecified atom stereocenters. The summed E-state index contributed by atoms with van der Waals surface area (Å²) in [6.07, 6.45) is 4.50. The summed E-state index contributed by atoms with van der Waals surface area (Å²) in [5.41, 5.74) is 3.41. The Morgan fingerprint density at radius 2 is 2.07 bits per heavy atom. The van der Waals surface area contributed by atoms with Gasteiger partial charge in [-0.15, -0.1) is 0 Å². The van der Waals surface area contributed by atoms with E-state index in [9.17, 15) is 8.42 Å². The fraction of sp³-hybridized carbons (Fsp3) is 0.222. The molecule has 0 aliphatic rings. The summed E-state index contributed by atoms with van der Waals surface area (Å²) in [5, 5.41) is 8.36. The van der Waals surface area contributed by atoms with E-state index >= 15 is 0 Å². The van der Waals surface area contributed by atoms with Gasteiger partial charge in [0.2, 0.25) is 21.7 Å². The molecule has 28 heavy (non-hydrogen) atoms. The molecule has 0 N–H and O–H groups in total. The highest BCUT2D eigenvalue weighted by molar-refractivity contribution is 7.92. The summed E-state index contributed by atoms with van der Waals surface area (Å²) < 4.78 is 32.2. The molecular formula is C18H18N6O3S. The minimum absolute atomic E-state index is 0.344. The Hall–Kier alpha value is -3.27. The highest BCUT2D eigenvalue weighted by atomic mass is 32.2. The highest BCUT2D eigenvalue weighted by Crippen LogP contribution is 2.28. The van der Waals surface area contributed by atoms with Crippen LogP contribution in [0.15, 0.2) is 47.2 Å². The average molecular weight is 398 g/mol. The van der Waals surface area contributed by atoms with Gasteiger partial charge in [0.15, 0.2) is 5.65 Å². The van der Waals surface area contributed by atoms with E-state index in [0.29, 0.717) is 35.2 Å². The van der Waals surface area contributed by atoms with E-state index < -0.39 is 10.0 Å². The highest BCUT2D eigenvalue weighted by Gasteiger charge is 2.18. The van der Waals surface area contributed by atoms with Crippen LogP contribution in [0, 0.1) is 6.92 Å².